The molecule has 2 aromatic carbocycles. The fraction of sp³-hybridized carbons (Fsp3) is 0.158. The molecule has 3 aromatic rings. The van der Waals surface area contributed by atoms with Crippen LogP contribution >= 0.6 is 11.6 Å². The summed E-state index contributed by atoms with van der Waals surface area (Å²) in [6.45, 7) is 0.0678. The van der Waals surface area contributed by atoms with Gasteiger partial charge in [0.15, 0.2) is 5.78 Å². The highest BCUT2D eigenvalue weighted by Gasteiger charge is 2.15. The van der Waals surface area contributed by atoms with Gasteiger partial charge in [-0.25, -0.2) is 4.79 Å². The number of hydrogen-bond acceptors (Lipinski definition) is 4. The Kier molecular flexibility index (Phi) is 4.76. The van der Waals surface area contributed by atoms with E-state index in [4.69, 9.17) is 16.3 Å². The van der Waals surface area contributed by atoms with Gasteiger partial charge in [0.2, 0.25) is 0 Å². The smallest absolute Gasteiger partial charge is 0.337 e. The normalized spacial score (nSPS) is 10.7. The van der Waals surface area contributed by atoms with E-state index in [2.05, 4.69) is 5.32 Å². The molecule has 0 bridgehead atoms. The van der Waals surface area contributed by atoms with E-state index in [9.17, 15) is 9.59 Å². The van der Waals surface area contributed by atoms with Crippen LogP contribution in [-0.2, 0) is 11.8 Å². The summed E-state index contributed by atoms with van der Waals surface area (Å²) in [7, 11) is 3.22. The van der Waals surface area contributed by atoms with E-state index in [0.717, 1.165) is 10.9 Å². The molecule has 0 unspecified atom stereocenters. The summed E-state index contributed by atoms with van der Waals surface area (Å²) in [4.78, 5) is 24.2. The minimum Gasteiger partial charge on any atom is -0.465 e. The van der Waals surface area contributed by atoms with Crippen molar-refractivity contribution in [2.45, 2.75) is 0 Å². The predicted octanol–water partition coefficient (Wildman–Crippen LogP) is 3.91. The second kappa shape index (κ2) is 6.99. The lowest BCUT2D eigenvalue weighted by atomic mass is 10.1. The quantitative estimate of drug-likeness (QED) is 0.556. The van der Waals surface area contributed by atoms with Crippen LogP contribution in [0.3, 0.4) is 0 Å². The number of para-hydroxylation sites is 1. The molecule has 1 N–H and O–H groups in total. The van der Waals surface area contributed by atoms with Crippen LogP contribution in [0.2, 0.25) is 5.02 Å². The van der Waals surface area contributed by atoms with Gasteiger partial charge >= 0.3 is 5.97 Å². The summed E-state index contributed by atoms with van der Waals surface area (Å²) in [5.41, 5.74) is 2.52. The number of fused-ring (bicyclic) bond motifs is 1. The molecule has 128 valence electrons. The first-order chi connectivity index (χ1) is 12.0. The molecular formula is C19H17ClN2O3. The summed E-state index contributed by atoms with van der Waals surface area (Å²) in [5, 5.41) is 4.34. The SMILES string of the molecule is COC(=O)c1ccc(Cl)c(NCC(=O)c2cn(C)c3ccccc23)c1. The minimum absolute atomic E-state index is 0.0589. The third-order valence-electron chi connectivity index (χ3n) is 4.02. The average molecular weight is 357 g/mol. The molecule has 0 saturated heterocycles. The molecule has 3 rings (SSSR count). The number of aryl methyl sites for hydroxylation is 1. The Morgan fingerprint density at radius 1 is 1.20 bits per heavy atom. The Balaban J connectivity index is 1.81. The monoisotopic (exact) mass is 356 g/mol. The molecule has 6 heteroatoms. The number of methoxy groups -OCH3 is 1. The van der Waals surface area contributed by atoms with Gasteiger partial charge in [0.1, 0.15) is 0 Å². The predicted molar refractivity (Wildman–Crippen MR) is 98.5 cm³/mol. The lowest BCUT2D eigenvalue weighted by Crippen LogP contribution is -2.14. The molecule has 0 fully saturated rings. The van der Waals surface area contributed by atoms with E-state index < -0.39 is 5.97 Å². The van der Waals surface area contributed by atoms with E-state index in [1.165, 1.54) is 7.11 Å². The van der Waals surface area contributed by atoms with E-state index in [-0.39, 0.29) is 12.3 Å². The number of benzene rings is 2. The second-order valence-electron chi connectivity index (χ2n) is 5.63. The number of carbonyl (C=O) groups excluding carboxylic acids is 2. The average Bonchev–Trinajstić information content (AvgIpc) is 2.97. The molecular weight excluding hydrogens is 340 g/mol. The highest BCUT2D eigenvalue weighted by molar-refractivity contribution is 6.33. The number of Topliss-reactive ketones (excluding diaryl/α,β-unsaturated/α-hetero) is 1. The zero-order chi connectivity index (χ0) is 18.0. The van der Waals surface area contributed by atoms with Gasteiger partial charge in [-0.2, -0.15) is 0 Å². The molecule has 1 heterocycles. The molecule has 0 aliphatic rings. The third-order valence-corrected chi connectivity index (χ3v) is 4.35. The van der Waals surface area contributed by atoms with Crippen molar-refractivity contribution >= 4 is 39.9 Å². The number of ketones is 1. The zero-order valence-corrected chi connectivity index (χ0v) is 14.6. The van der Waals surface area contributed by atoms with E-state index in [1.807, 2.05) is 42.1 Å². The maximum Gasteiger partial charge on any atom is 0.337 e. The molecule has 0 aliphatic heterocycles. The number of aromatic nitrogens is 1. The number of rotatable bonds is 5. The van der Waals surface area contributed by atoms with Crippen LogP contribution in [0.1, 0.15) is 20.7 Å². The number of ether oxygens (including phenoxy) is 1. The van der Waals surface area contributed by atoms with Crippen molar-refractivity contribution < 1.29 is 14.3 Å². The van der Waals surface area contributed by atoms with Gasteiger partial charge < -0.3 is 14.6 Å². The van der Waals surface area contributed by atoms with Crippen molar-refractivity contribution in [1.82, 2.24) is 4.57 Å². The standard InChI is InChI=1S/C19H17ClN2O3/c1-22-11-14(13-5-3-4-6-17(13)22)18(23)10-21-16-9-12(19(24)25-2)7-8-15(16)20/h3-9,11,21H,10H2,1-2H3. The lowest BCUT2D eigenvalue weighted by Gasteiger charge is -2.09. The summed E-state index contributed by atoms with van der Waals surface area (Å²) in [6, 6.07) is 12.5. The van der Waals surface area contributed by atoms with Gasteiger partial charge in [0.05, 0.1) is 29.9 Å². The van der Waals surface area contributed by atoms with Gasteiger partial charge in [0.25, 0.3) is 0 Å². The number of carbonyl (C=O) groups is 2. The van der Waals surface area contributed by atoms with Crippen LogP contribution in [0.4, 0.5) is 5.69 Å². The Labute approximate surface area is 150 Å². The largest absolute Gasteiger partial charge is 0.465 e. The van der Waals surface area contributed by atoms with Crippen LogP contribution in [0.5, 0.6) is 0 Å². The number of halogens is 1. The summed E-state index contributed by atoms with van der Waals surface area (Å²) < 4.78 is 6.62. The Morgan fingerprint density at radius 2 is 1.96 bits per heavy atom. The van der Waals surface area contributed by atoms with Crippen molar-refractivity contribution in [3.05, 3.63) is 64.8 Å². The first-order valence-corrected chi connectivity index (χ1v) is 8.08. The summed E-state index contributed by atoms with van der Waals surface area (Å²) in [5.74, 6) is -0.517. The number of esters is 1. The first kappa shape index (κ1) is 17.0. The number of nitrogens with one attached hydrogen (secondary N) is 1. The molecule has 0 spiro atoms. The zero-order valence-electron chi connectivity index (χ0n) is 13.9. The number of nitrogens with zero attached hydrogens (tertiary/aromatic N) is 1. The van der Waals surface area contributed by atoms with Crippen molar-refractivity contribution in [3.8, 4) is 0 Å². The molecule has 0 amide bonds. The van der Waals surface area contributed by atoms with E-state index >= 15 is 0 Å². The van der Waals surface area contributed by atoms with Gasteiger partial charge in [-0.1, -0.05) is 29.8 Å². The fourth-order valence-electron chi connectivity index (χ4n) is 2.74. The highest BCUT2D eigenvalue weighted by atomic mass is 35.5. The third kappa shape index (κ3) is 3.37. The molecule has 0 atom stereocenters. The highest BCUT2D eigenvalue weighted by Crippen LogP contribution is 2.24. The fourth-order valence-corrected chi connectivity index (χ4v) is 2.92. The first-order valence-electron chi connectivity index (χ1n) is 7.70. The second-order valence-corrected chi connectivity index (χ2v) is 6.04. The number of anilines is 1. The van der Waals surface area contributed by atoms with Crippen LogP contribution in [0.15, 0.2) is 48.7 Å². The van der Waals surface area contributed by atoms with Crippen molar-refractivity contribution in [2.75, 3.05) is 19.0 Å². The lowest BCUT2D eigenvalue weighted by molar-refractivity contribution is 0.0600. The maximum absolute atomic E-state index is 12.6. The maximum atomic E-state index is 12.6. The van der Waals surface area contributed by atoms with Gasteiger partial charge in [-0.15, -0.1) is 0 Å². The van der Waals surface area contributed by atoms with Crippen molar-refractivity contribution in [3.63, 3.8) is 0 Å². The molecule has 1 aromatic heterocycles. The Bertz CT molecular complexity index is 962. The van der Waals surface area contributed by atoms with Crippen LogP contribution in [-0.4, -0.2) is 30.0 Å². The minimum atomic E-state index is -0.458. The van der Waals surface area contributed by atoms with Crippen LogP contribution in [0.25, 0.3) is 10.9 Å². The molecule has 0 aliphatic carbocycles. The molecule has 0 saturated carbocycles. The Morgan fingerprint density at radius 3 is 2.72 bits per heavy atom. The summed E-state index contributed by atoms with van der Waals surface area (Å²) in [6.07, 6.45) is 1.82. The Hall–Kier alpha value is -2.79. The molecule has 0 radical (unpaired) electrons. The van der Waals surface area contributed by atoms with E-state index in [0.29, 0.717) is 21.8 Å². The van der Waals surface area contributed by atoms with Gasteiger partial charge in [0, 0.05) is 29.7 Å². The van der Waals surface area contributed by atoms with E-state index in [1.54, 1.807) is 18.2 Å². The van der Waals surface area contributed by atoms with Crippen LogP contribution < -0.4 is 5.32 Å². The van der Waals surface area contributed by atoms with Crippen LogP contribution in [0, 0.1) is 0 Å². The number of hydrogen-bond donors (Lipinski definition) is 1. The van der Waals surface area contributed by atoms with Gasteiger partial charge in [-0.3, -0.25) is 4.79 Å². The summed E-state index contributed by atoms with van der Waals surface area (Å²) >= 11 is 6.14. The topological polar surface area (TPSA) is 60.3 Å². The van der Waals surface area contributed by atoms with Gasteiger partial charge in [-0.05, 0) is 24.3 Å². The molecule has 5 nitrogen and oxygen atoms in total. The van der Waals surface area contributed by atoms with Crippen molar-refractivity contribution in [1.29, 1.82) is 0 Å². The van der Waals surface area contributed by atoms with Crippen molar-refractivity contribution in [2.24, 2.45) is 7.05 Å². The molecule has 25 heavy (non-hydrogen) atoms.